The average Bonchev–Trinajstić information content (AvgIpc) is 3.37. The third kappa shape index (κ3) is 3.83. The van der Waals surface area contributed by atoms with Crippen LogP contribution in [0.2, 0.25) is 0 Å². The lowest BCUT2D eigenvalue weighted by Crippen LogP contribution is -2.22. The van der Waals surface area contributed by atoms with Crippen LogP contribution >= 0.6 is 0 Å². The highest BCUT2D eigenvalue weighted by molar-refractivity contribution is 5.98. The first-order valence-electron chi connectivity index (χ1n) is 9.38. The molecule has 1 fully saturated rings. The second-order valence-corrected chi connectivity index (χ2v) is 6.93. The van der Waals surface area contributed by atoms with E-state index in [-0.39, 0.29) is 5.91 Å². The van der Waals surface area contributed by atoms with Crippen molar-refractivity contribution in [1.29, 1.82) is 0 Å². The molecule has 1 aliphatic heterocycles. The summed E-state index contributed by atoms with van der Waals surface area (Å²) in [6, 6.07) is 15.7. The number of amides is 1. The number of ether oxygens (including phenoxy) is 1. The molecule has 3 aromatic rings. The van der Waals surface area contributed by atoms with Gasteiger partial charge in [-0.2, -0.15) is 0 Å². The quantitative estimate of drug-likeness (QED) is 0.719. The molecule has 1 amide bonds. The molecule has 1 N–H and O–H groups in total. The van der Waals surface area contributed by atoms with Crippen LogP contribution in [0.5, 0.6) is 5.75 Å². The van der Waals surface area contributed by atoms with Crippen LogP contribution in [0.4, 0.5) is 0 Å². The summed E-state index contributed by atoms with van der Waals surface area (Å²) in [6.45, 7) is 3.57. The summed E-state index contributed by atoms with van der Waals surface area (Å²) in [6.07, 6.45) is 2.50. The molecule has 0 radical (unpaired) electrons. The molecule has 0 atom stereocenters. The van der Waals surface area contributed by atoms with Gasteiger partial charge in [-0.05, 0) is 49.2 Å². The van der Waals surface area contributed by atoms with E-state index in [2.05, 4.69) is 16.3 Å². The second-order valence-electron chi connectivity index (χ2n) is 6.93. The Kier molecular flexibility index (Phi) is 5.12. The number of hydrogen-bond acceptors (Lipinski definition) is 4. The summed E-state index contributed by atoms with van der Waals surface area (Å²) >= 11 is 0. The fourth-order valence-corrected chi connectivity index (χ4v) is 3.61. The molecule has 0 bridgehead atoms. The monoisotopic (exact) mass is 364 g/mol. The number of hydrogen-bond donors (Lipinski definition) is 1. The Morgan fingerprint density at radius 1 is 1.15 bits per heavy atom. The van der Waals surface area contributed by atoms with E-state index in [0.717, 1.165) is 30.6 Å². The molecule has 1 saturated heterocycles. The molecule has 5 nitrogen and oxygen atoms in total. The molecule has 0 aliphatic carbocycles. The smallest absolute Gasteiger partial charge is 0.287 e. The number of likely N-dealkylation sites (tertiary alicyclic amines) is 1. The highest BCUT2D eigenvalue weighted by Gasteiger charge is 2.19. The molecule has 27 heavy (non-hydrogen) atoms. The zero-order chi connectivity index (χ0) is 18.6. The van der Waals surface area contributed by atoms with Crippen LogP contribution in [-0.4, -0.2) is 31.0 Å². The van der Waals surface area contributed by atoms with Crippen molar-refractivity contribution in [2.75, 3.05) is 20.2 Å². The first-order chi connectivity index (χ1) is 13.2. The van der Waals surface area contributed by atoms with Gasteiger partial charge < -0.3 is 14.5 Å². The lowest BCUT2D eigenvalue weighted by molar-refractivity contribution is 0.0925. The summed E-state index contributed by atoms with van der Waals surface area (Å²) in [7, 11) is 1.62. The minimum atomic E-state index is -0.218. The van der Waals surface area contributed by atoms with Crippen LogP contribution in [0, 0.1) is 0 Å². The summed E-state index contributed by atoms with van der Waals surface area (Å²) in [5, 5.41) is 3.87. The summed E-state index contributed by atoms with van der Waals surface area (Å²) in [5.41, 5.74) is 2.85. The van der Waals surface area contributed by atoms with Crippen molar-refractivity contribution in [1.82, 2.24) is 10.2 Å². The maximum Gasteiger partial charge on any atom is 0.287 e. The zero-order valence-electron chi connectivity index (χ0n) is 15.5. The minimum Gasteiger partial charge on any atom is -0.493 e. The minimum absolute atomic E-state index is 0.218. The van der Waals surface area contributed by atoms with Gasteiger partial charge in [0, 0.05) is 18.5 Å². The highest BCUT2D eigenvalue weighted by atomic mass is 16.5. The Labute approximate surface area is 158 Å². The number of nitrogens with zero attached hydrogens (tertiary/aromatic N) is 1. The molecule has 1 aromatic heterocycles. The molecule has 0 spiro atoms. The Hall–Kier alpha value is -2.79. The lowest BCUT2D eigenvalue weighted by atomic mass is 10.1. The van der Waals surface area contributed by atoms with Crippen LogP contribution < -0.4 is 10.1 Å². The molecular formula is C22H24N2O3. The van der Waals surface area contributed by atoms with Crippen molar-refractivity contribution in [2.45, 2.75) is 25.9 Å². The van der Waals surface area contributed by atoms with Crippen molar-refractivity contribution >= 4 is 16.9 Å². The van der Waals surface area contributed by atoms with E-state index < -0.39 is 0 Å². The van der Waals surface area contributed by atoms with E-state index >= 15 is 0 Å². The Balaban J connectivity index is 1.58. The maximum absolute atomic E-state index is 12.6. The van der Waals surface area contributed by atoms with Crippen molar-refractivity contribution in [3.8, 4) is 5.75 Å². The van der Waals surface area contributed by atoms with Gasteiger partial charge in [0.25, 0.3) is 5.91 Å². The van der Waals surface area contributed by atoms with E-state index in [4.69, 9.17) is 9.15 Å². The molecule has 1 aliphatic rings. The third-order valence-electron chi connectivity index (χ3n) is 5.07. The largest absolute Gasteiger partial charge is 0.493 e. The van der Waals surface area contributed by atoms with E-state index in [1.165, 1.54) is 18.4 Å². The average molecular weight is 364 g/mol. The highest BCUT2D eigenvalue weighted by Crippen LogP contribution is 2.32. The third-order valence-corrected chi connectivity index (χ3v) is 5.07. The zero-order valence-corrected chi connectivity index (χ0v) is 15.5. The van der Waals surface area contributed by atoms with Gasteiger partial charge >= 0.3 is 0 Å². The Bertz CT molecular complexity index is 927. The predicted octanol–water partition coefficient (Wildman–Crippen LogP) is 3.97. The van der Waals surface area contributed by atoms with Crippen molar-refractivity contribution in [2.24, 2.45) is 0 Å². The van der Waals surface area contributed by atoms with Crippen molar-refractivity contribution in [3.63, 3.8) is 0 Å². The fourth-order valence-electron chi connectivity index (χ4n) is 3.61. The van der Waals surface area contributed by atoms with Crippen LogP contribution in [0.25, 0.3) is 11.0 Å². The first kappa shape index (κ1) is 17.6. The standard InChI is InChI=1S/C22H24N2O3/c1-26-19-10-9-17(15-24-11-5-6-12-24)18-13-20(27-21(18)19)22(25)23-14-16-7-3-2-4-8-16/h2-4,7-10,13H,5-6,11-12,14-15H2,1H3,(H,23,25). The number of carbonyl (C=O) groups is 1. The van der Waals surface area contributed by atoms with Crippen LogP contribution in [-0.2, 0) is 13.1 Å². The van der Waals surface area contributed by atoms with Gasteiger partial charge in [0.1, 0.15) is 0 Å². The van der Waals surface area contributed by atoms with Crippen molar-refractivity contribution in [3.05, 3.63) is 65.4 Å². The van der Waals surface area contributed by atoms with Gasteiger partial charge in [-0.25, -0.2) is 0 Å². The molecule has 4 rings (SSSR count). The van der Waals surface area contributed by atoms with Gasteiger partial charge in [-0.1, -0.05) is 36.4 Å². The number of carbonyl (C=O) groups excluding carboxylic acids is 1. The second kappa shape index (κ2) is 7.84. The number of methoxy groups -OCH3 is 1. The van der Waals surface area contributed by atoms with Gasteiger partial charge in [0.15, 0.2) is 17.1 Å². The summed E-state index contributed by atoms with van der Waals surface area (Å²) in [5.74, 6) is 0.745. The topological polar surface area (TPSA) is 54.7 Å². The first-order valence-corrected chi connectivity index (χ1v) is 9.38. The Morgan fingerprint density at radius 2 is 1.93 bits per heavy atom. The van der Waals surface area contributed by atoms with Gasteiger partial charge in [0.2, 0.25) is 0 Å². The van der Waals surface area contributed by atoms with E-state index in [1.807, 2.05) is 42.5 Å². The predicted molar refractivity (Wildman–Crippen MR) is 105 cm³/mol. The van der Waals surface area contributed by atoms with Crippen LogP contribution in [0.15, 0.2) is 52.9 Å². The van der Waals surface area contributed by atoms with E-state index in [0.29, 0.717) is 23.6 Å². The number of nitrogens with one attached hydrogen (secondary N) is 1. The van der Waals surface area contributed by atoms with Crippen LogP contribution in [0.1, 0.15) is 34.5 Å². The summed E-state index contributed by atoms with van der Waals surface area (Å²) in [4.78, 5) is 15.0. The molecule has 2 heterocycles. The van der Waals surface area contributed by atoms with E-state index in [9.17, 15) is 4.79 Å². The number of fused-ring (bicyclic) bond motifs is 1. The normalized spacial score (nSPS) is 14.6. The fraction of sp³-hybridized carbons (Fsp3) is 0.318. The SMILES string of the molecule is COc1ccc(CN2CCCC2)c2cc(C(=O)NCc3ccccc3)oc12. The molecule has 5 heteroatoms. The number of furan rings is 1. The molecular weight excluding hydrogens is 340 g/mol. The number of rotatable bonds is 6. The molecule has 140 valence electrons. The van der Waals surface area contributed by atoms with E-state index in [1.54, 1.807) is 7.11 Å². The summed E-state index contributed by atoms with van der Waals surface area (Å²) < 4.78 is 11.3. The maximum atomic E-state index is 12.6. The van der Waals surface area contributed by atoms with Gasteiger partial charge in [0.05, 0.1) is 7.11 Å². The number of benzene rings is 2. The van der Waals surface area contributed by atoms with Crippen LogP contribution in [0.3, 0.4) is 0 Å². The lowest BCUT2D eigenvalue weighted by Gasteiger charge is -2.15. The van der Waals surface area contributed by atoms with Gasteiger partial charge in [-0.3, -0.25) is 9.69 Å². The van der Waals surface area contributed by atoms with Crippen molar-refractivity contribution < 1.29 is 13.9 Å². The molecule has 2 aromatic carbocycles. The Morgan fingerprint density at radius 3 is 2.67 bits per heavy atom. The molecule has 0 saturated carbocycles. The van der Waals surface area contributed by atoms with Gasteiger partial charge in [-0.15, -0.1) is 0 Å². The molecule has 0 unspecified atom stereocenters.